The molecular weight excluding hydrogens is 338 g/mol. The lowest BCUT2D eigenvalue weighted by Crippen LogP contribution is -2.37. The predicted octanol–water partition coefficient (Wildman–Crippen LogP) is 2.04. The van der Waals surface area contributed by atoms with Gasteiger partial charge in [0, 0.05) is 12.0 Å². The van der Waals surface area contributed by atoms with E-state index in [0.29, 0.717) is 25.0 Å². The lowest BCUT2D eigenvalue weighted by atomic mass is 9.97. The Morgan fingerprint density at radius 2 is 1.85 bits per heavy atom. The van der Waals surface area contributed by atoms with Gasteiger partial charge in [-0.15, -0.1) is 0 Å². The number of benzene rings is 1. The van der Waals surface area contributed by atoms with Crippen molar-refractivity contribution in [1.29, 1.82) is 0 Å². The van der Waals surface area contributed by atoms with Gasteiger partial charge in [0.05, 0.1) is 13.1 Å². The molecule has 2 saturated heterocycles. The summed E-state index contributed by atoms with van der Waals surface area (Å²) in [6.45, 7) is 7.79. The van der Waals surface area contributed by atoms with Crippen molar-refractivity contribution in [2.45, 2.75) is 57.7 Å². The maximum atomic E-state index is 13.2. The van der Waals surface area contributed by atoms with E-state index in [-0.39, 0.29) is 5.69 Å². The van der Waals surface area contributed by atoms with E-state index < -0.39 is 0 Å². The number of likely N-dealkylation sites (tertiary alicyclic amines) is 1. The number of aromatic nitrogens is 3. The number of hydrogen-bond acceptors (Lipinski definition) is 4. The Hall–Kier alpha value is -1.92. The lowest BCUT2D eigenvalue weighted by molar-refractivity contribution is 0.227. The van der Waals surface area contributed by atoms with Gasteiger partial charge in [-0.25, -0.2) is 9.48 Å². The first-order valence-electron chi connectivity index (χ1n) is 10.4. The van der Waals surface area contributed by atoms with Crippen molar-refractivity contribution in [3.63, 3.8) is 0 Å². The average Bonchev–Trinajstić information content (AvgIpc) is 3.34. The standard InChI is InChI=1S/C21H31N5O/c1-17(24-13-5-6-14-24)15-26-21(27)25(16-18-7-3-2-4-8-18)20(23-26)19-9-11-22-12-10-19/h2-4,7-8,17,19,22H,5-6,9-16H2,1H3/t17-/m0/s1. The van der Waals surface area contributed by atoms with E-state index >= 15 is 0 Å². The molecule has 0 amide bonds. The van der Waals surface area contributed by atoms with Crippen LogP contribution in [-0.2, 0) is 13.1 Å². The highest BCUT2D eigenvalue weighted by molar-refractivity contribution is 5.16. The third-order valence-electron chi connectivity index (χ3n) is 6.04. The van der Waals surface area contributed by atoms with Crippen molar-refractivity contribution in [2.75, 3.05) is 26.2 Å². The van der Waals surface area contributed by atoms with Gasteiger partial charge in [0.2, 0.25) is 0 Å². The normalized spacial score (nSPS) is 20.2. The number of rotatable bonds is 6. The first kappa shape index (κ1) is 18.4. The molecule has 6 nitrogen and oxygen atoms in total. The molecule has 146 valence electrons. The van der Waals surface area contributed by atoms with Crippen LogP contribution in [0.15, 0.2) is 35.1 Å². The maximum absolute atomic E-state index is 13.2. The Kier molecular flexibility index (Phi) is 5.74. The van der Waals surface area contributed by atoms with Crippen molar-refractivity contribution in [1.82, 2.24) is 24.6 Å². The molecule has 1 aromatic carbocycles. The second-order valence-electron chi connectivity index (χ2n) is 8.01. The SMILES string of the molecule is C[C@@H](Cn1nc(C2CCNCC2)n(Cc2ccccc2)c1=O)N1CCCC1. The number of piperidine rings is 1. The van der Waals surface area contributed by atoms with Crippen LogP contribution in [0.5, 0.6) is 0 Å². The molecular formula is C21H31N5O. The van der Waals surface area contributed by atoms with Crippen LogP contribution in [0, 0.1) is 0 Å². The maximum Gasteiger partial charge on any atom is 0.346 e. The molecule has 0 bridgehead atoms. The Labute approximate surface area is 161 Å². The highest BCUT2D eigenvalue weighted by Crippen LogP contribution is 2.23. The van der Waals surface area contributed by atoms with Crippen molar-refractivity contribution in [3.05, 3.63) is 52.2 Å². The molecule has 0 aliphatic carbocycles. The zero-order chi connectivity index (χ0) is 18.6. The summed E-state index contributed by atoms with van der Waals surface area (Å²) in [5.41, 5.74) is 1.19. The lowest BCUT2D eigenvalue weighted by Gasteiger charge is -2.23. The van der Waals surface area contributed by atoms with E-state index in [2.05, 4.69) is 29.3 Å². The third kappa shape index (κ3) is 4.17. The monoisotopic (exact) mass is 369 g/mol. The van der Waals surface area contributed by atoms with Crippen LogP contribution in [0.2, 0.25) is 0 Å². The predicted molar refractivity (Wildman–Crippen MR) is 107 cm³/mol. The first-order valence-corrected chi connectivity index (χ1v) is 10.4. The van der Waals surface area contributed by atoms with Crippen LogP contribution in [0.4, 0.5) is 0 Å². The van der Waals surface area contributed by atoms with Crippen molar-refractivity contribution in [3.8, 4) is 0 Å². The number of hydrogen-bond donors (Lipinski definition) is 1. The minimum atomic E-state index is 0.0402. The molecule has 1 N–H and O–H groups in total. The van der Waals surface area contributed by atoms with Gasteiger partial charge in [-0.1, -0.05) is 30.3 Å². The summed E-state index contributed by atoms with van der Waals surface area (Å²) in [6.07, 6.45) is 4.63. The molecule has 0 spiro atoms. The molecule has 6 heteroatoms. The van der Waals surface area contributed by atoms with Crippen LogP contribution in [-0.4, -0.2) is 51.5 Å². The van der Waals surface area contributed by atoms with Gasteiger partial charge in [0.1, 0.15) is 5.82 Å². The number of nitrogens with one attached hydrogen (secondary N) is 1. The van der Waals surface area contributed by atoms with Gasteiger partial charge in [-0.05, 0) is 64.3 Å². The third-order valence-corrected chi connectivity index (χ3v) is 6.04. The Morgan fingerprint density at radius 1 is 1.15 bits per heavy atom. The molecule has 0 saturated carbocycles. The Bertz CT molecular complexity index is 785. The van der Waals surface area contributed by atoms with E-state index in [0.717, 1.165) is 50.4 Å². The fourth-order valence-corrected chi connectivity index (χ4v) is 4.42. The van der Waals surface area contributed by atoms with Gasteiger partial charge >= 0.3 is 5.69 Å². The Balaban J connectivity index is 1.62. The van der Waals surface area contributed by atoms with Gasteiger partial charge in [-0.2, -0.15) is 5.10 Å². The zero-order valence-electron chi connectivity index (χ0n) is 16.3. The second kappa shape index (κ2) is 8.40. The van der Waals surface area contributed by atoms with Crippen LogP contribution in [0.3, 0.4) is 0 Å². The van der Waals surface area contributed by atoms with E-state index in [1.165, 1.54) is 12.8 Å². The summed E-state index contributed by atoms with van der Waals surface area (Å²) >= 11 is 0. The topological polar surface area (TPSA) is 55.1 Å². The smallest absolute Gasteiger partial charge is 0.317 e. The van der Waals surface area contributed by atoms with Crippen LogP contribution >= 0.6 is 0 Å². The van der Waals surface area contributed by atoms with Gasteiger partial charge < -0.3 is 5.32 Å². The molecule has 2 fully saturated rings. The minimum absolute atomic E-state index is 0.0402. The summed E-state index contributed by atoms with van der Waals surface area (Å²) in [5, 5.41) is 8.27. The second-order valence-corrected chi connectivity index (χ2v) is 8.01. The van der Waals surface area contributed by atoms with Gasteiger partial charge in [0.25, 0.3) is 0 Å². The molecule has 27 heavy (non-hydrogen) atoms. The molecule has 2 aliphatic heterocycles. The summed E-state index contributed by atoms with van der Waals surface area (Å²) in [7, 11) is 0. The van der Waals surface area contributed by atoms with E-state index in [4.69, 9.17) is 5.10 Å². The molecule has 0 unspecified atom stereocenters. The van der Waals surface area contributed by atoms with Gasteiger partial charge in [-0.3, -0.25) is 9.47 Å². The van der Waals surface area contributed by atoms with Crippen LogP contribution < -0.4 is 11.0 Å². The molecule has 1 aromatic heterocycles. The van der Waals surface area contributed by atoms with E-state index in [1.54, 1.807) is 4.68 Å². The largest absolute Gasteiger partial charge is 0.346 e. The molecule has 0 radical (unpaired) electrons. The van der Waals surface area contributed by atoms with Crippen LogP contribution in [0.1, 0.15) is 49.9 Å². The van der Waals surface area contributed by atoms with E-state index in [1.807, 2.05) is 22.8 Å². The summed E-state index contributed by atoms with van der Waals surface area (Å²) in [4.78, 5) is 15.7. The highest BCUT2D eigenvalue weighted by atomic mass is 16.2. The van der Waals surface area contributed by atoms with Crippen LogP contribution in [0.25, 0.3) is 0 Å². The Morgan fingerprint density at radius 3 is 2.56 bits per heavy atom. The summed E-state index contributed by atoms with van der Waals surface area (Å²) in [6, 6.07) is 10.6. The average molecular weight is 370 g/mol. The van der Waals surface area contributed by atoms with Crippen molar-refractivity contribution >= 4 is 0 Å². The first-order chi connectivity index (χ1) is 13.2. The number of nitrogens with zero attached hydrogens (tertiary/aromatic N) is 4. The van der Waals surface area contributed by atoms with Crippen molar-refractivity contribution in [2.24, 2.45) is 0 Å². The summed E-state index contributed by atoms with van der Waals surface area (Å²) < 4.78 is 3.64. The fourth-order valence-electron chi connectivity index (χ4n) is 4.42. The minimum Gasteiger partial charge on any atom is -0.317 e. The highest BCUT2D eigenvalue weighted by Gasteiger charge is 2.26. The molecule has 3 heterocycles. The molecule has 2 aromatic rings. The van der Waals surface area contributed by atoms with Gasteiger partial charge in [0.15, 0.2) is 0 Å². The molecule has 4 rings (SSSR count). The quantitative estimate of drug-likeness (QED) is 0.847. The van der Waals surface area contributed by atoms with E-state index in [9.17, 15) is 4.79 Å². The molecule has 1 atom stereocenters. The molecule has 2 aliphatic rings. The summed E-state index contributed by atoms with van der Waals surface area (Å²) in [5.74, 6) is 1.34. The fraction of sp³-hybridized carbons (Fsp3) is 0.619. The van der Waals surface area contributed by atoms with Crippen molar-refractivity contribution < 1.29 is 0 Å². The zero-order valence-corrected chi connectivity index (χ0v) is 16.3.